The summed E-state index contributed by atoms with van der Waals surface area (Å²) < 4.78 is 13.1. The zero-order valence-corrected chi connectivity index (χ0v) is 16.7. The third-order valence-electron chi connectivity index (χ3n) is 5.39. The second kappa shape index (κ2) is 8.31. The van der Waals surface area contributed by atoms with E-state index in [-0.39, 0.29) is 22.7 Å². The number of aromatic nitrogens is 2. The molecule has 2 N–H and O–H groups in total. The predicted molar refractivity (Wildman–Crippen MR) is 110 cm³/mol. The fourth-order valence-corrected chi connectivity index (χ4v) is 4.57. The van der Waals surface area contributed by atoms with E-state index in [1.807, 2.05) is 0 Å². The van der Waals surface area contributed by atoms with Crippen LogP contribution in [0.3, 0.4) is 0 Å². The van der Waals surface area contributed by atoms with E-state index in [2.05, 4.69) is 15.3 Å². The molecule has 1 aliphatic rings. The number of aliphatic carboxylic acids is 1. The van der Waals surface area contributed by atoms with Crippen molar-refractivity contribution in [2.75, 3.05) is 5.32 Å². The quantitative estimate of drug-likeness (QED) is 0.429. The van der Waals surface area contributed by atoms with Gasteiger partial charge >= 0.3 is 11.0 Å². The number of hydrogen-bond acceptors (Lipinski definition) is 7. The lowest BCUT2D eigenvalue weighted by Gasteiger charge is -2.25. The number of nitrogens with one attached hydrogen (secondary N) is 1. The summed E-state index contributed by atoms with van der Waals surface area (Å²) >= 11 is 0.993. The maximum absolute atomic E-state index is 13.1. The van der Waals surface area contributed by atoms with Crippen LogP contribution >= 0.6 is 11.3 Å². The van der Waals surface area contributed by atoms with Crippen LogP contribution in [0.25, 0.3) is 10.2 Å². The van der Waals surface area contributed by atoms with Crippen LogP contribution in [0.1, 0.15) is 43.0 Å². The van der Waals surface area contributed by atoms with Gasteiger partial charge in [0.05, 0.1) is 16.2 Å². The third-order valence-corrected chi connectivity index (χ3v) is 6.37. The molecule has 2 heterocycles. The maximum Gasteiger partial charge on any atom is 0.326 e. The molecule has 1 fully saturated rings. The summed E-state index contributed by atoms with van der Waals surface area (Å²) in [7, 11) is 0. The number of fused-ring (bicyclic) bond motifs is 1. The first-order valence-corrected chi connectivity index (χ1v) is 10.4. The number of anilines is 1. The van der Waals surface area contributed by atoms with E-state index in [4.69, 9.17) is 0 Å². The first-order valence-electron chi connectivity index (χ1n) is 9.57. The molecule has 8 nitrogen and oxygen atoms in total. The number of thiophene rings is 1. The highest BCUT2D eigenvalue weighted by atomic mass is 32.1. The molecule has 0 atom stereocenters. The van der Waals surface area contributed by atoms with Crippen LogP contribution in [0, 0.1) is 21.8 Å². The Hall–Kier alpha value is -3.14. The van der Waals surface area contributed by atoms with Gasteiger partial charge in [0.1, 0.15) is 22.3 Å². The number of nitrogens with zero attached hydrogens (tertiary/aromatic N) is 3. The van der Waals surface area contributed by atoms with Crippen molar-refractivity contribution in [3.8, 4) is 0 Å². The van der Waals surface area contributed by atoms with Gasteiger partial charge in [0.25, 0.3) is 0 Å². The van der Waals surface area contributed by atoms with Crippen molar-refractivity contribution in [1.29, 1.82) is 0 Å². The summed E-state index contributed by atoms with van der Waals surface area (Å²) in [5.41, 5.74) is 0.844. The summed E-state index contributed by atoms with van der Waals surface area (Å²) in [5, 5.41) is 24.2. The molecule has 2 aromatic heterocycles. The number of carboxylic acid groups (broad SMARTS) is 1. The fraction of sp³-hybridized carbons (Fsp3) is 0.350. The lowest BCUT2D eigenvalue weighted by Crippen LogP contribution is -2.21. The molecule has 156 valence electrons. The van der Waals surface area contributed by atoms with Crippen LogP contribution in [-0.4, -0.2) is 26.0 Å². The molecular weight excluding hydrogens is 411 g/mol. The van der Waals surface area contributed by atoms with Gasteiger partial charge in [-0.15, -0.1) is 0 Å². The van der Waals surface area contributed by atoms with Gasteiger partial charge in [-0.2, -0.15) is 0 Å². The number of rotatable bonds is 6. The van der Waals surface area contributed by atoms with E-state index < -0.39 is 10.9 Å². The second-order valence-corrected chi connectivity index (χ2v) is 8.37. The third kappa shape index (κ3) is 4.23. The molecule has 0 aliphatic heterocycles. The highest BCUT2D eigenvalue weighted by Gasteiger charge is 2.29. The van der Waals surface area contributed by atoms with E-state index in [1.54, 1.807) is 12.1 Å². The molecule has 0 unspecified atom stereocenters. The lowest BCUT2D eigenvalue weighted by molar-refractivity contribution is -0.380. The van der Waals surface area contributed by atoms with Gasteiger partial charge in [-0.1, -0.05) is 12.1 Å². The lowest BCUT2D eigenvalue weighted by atomic mass is 9.81. The number of benzene rings is 1. The smallest absolute Gasteiger partial charge is 0.326 e. The normalized spacial score (nSPS) is 19.0. The number of carboxylic acids is 1. The van der Waals surface area contributed by atoms with Gasteiger partial charge in [-0.3, -0.25) is 14.9 Å². The second-order valence-electron chi connectivity index (χ2n) is 7.36. The monoisotopic (exact) mass is 430 g/mol. The fourth-order valence-electron chi connectivity index (χ4n) is 3.72. The SMILES string of the molecule is O=C(O)C1CCC(c2nc(NCc3ccc(F)cc3)c3cc([N+](=O)[O-])sc3n2)CC1. The highest BCUT2D eigenvalue weighted by molar-refractivity contribution is 7.21. The molecule has 4 rings (SSSR count). The molecule has 0 amide bonds. The minimum Gasteiger partial charge on any atom is -0.481 e. The van der Waals surface area contributed by atoms with Gasteiger partial charge in [0.15, 0.2) is 0 Å². The number of nitro groups is 1. The summed E-state index contributed by atoms with van der Waals surface area (Å²) in [4.78, 5) is 31.7. The van der Waals surface area contributed by atoms with Crippen molar-refractivity contribution in [1.82, 2.24) is 9.97 Å². The topological polar surface area (TPSA) is 118 Å². The molecule has 0 bridgehead atoms. The van der Waals surface area contributed by atoms with Crippen molar-refractivity contribution >= 4 is 38.3 Å². The standard InChI is InChI=1S/C20H19FN4O4S/c21-14-7-1-11(2-8-14)10-22-18-15-9-16(25(28)29)30-19(15)24-17(23-18)12-3-5-13(6-4-12)20(26)27/h1-2,7-9,12-13H,3-6,10H2,(H,26,27)(H,22,23,24). The van der Waals surface area contributed by atoms with Gasteiger partial charge < -0.3 is 10.4 Å². The van der Waals surface area contributed by atoms with E-state index >= 15 is 0 Å². The Kier molecular flexibility index (Phi) is 5.58. The van der Waals surface area contributed by atoms with Crippen LogP contribution < -0.4 is 5.32 Å². The minimum absolute atomic E-state index is 0.0116. The summed E-state index contributed by atoms with van der Waals surface area (Å²) in [6.45, 7) is 0.376. The molecule has 30 heavy (non-hydrogen) atoms. The van der Waals surface area contributed by atoms with Crippen molar-refractivity contribution < 1.29 is 19.2 Å². The van der Waals surface area contributed by atoms with E-state index in [0.717, 1.165) is 16.9 Å². The zero-order valence-electron chi connectivity index (χ0n) is 15.9. The first-order chi connectivity index (χ1) is 14.4. The van der Waals surface area contributed by atoms with E-state index in [0.29, 0.717) is 54.1 Å². The van der Waals surface area contributed by atoms with Crippen LogP contribution in [0.5, 0.6) is 0 Å². The first kappa shape index (κ1) is 20.1. The van der Waals surface area contributed by atoms with Crippen molar-refractivity contribution in [2.45, 2.75) is 38.1 Å². The van der Waals surface area contributed by atoms with Gasteiger partial charge in [0, 0.05) is 18.5 Å². The molecule has 10 heteroatoms. The molecule has 1 saturated carbocycles. The zero-order chi connectivity index (χ0) is 21.3. The average Bonchev–Trinajstić information content (AvgIpc) is 3.18. The van der Waals surface area contributed by atoms with E-state index in [9.17, 15) is 24.4 Å². The Balaban J connectivity index is 1.63. The molecule has 1 aromatic carbocycles. The Labute approximate surface area is 174 Å². The highest BCUT2D eigenvalue weighted by Crippen LogP contribution is 2.39. The van der Waals surface area contributed by atoms with Crippen LogP contribution in [0.15, 0.2) is 30.3 Å². The molecule has 3 aromatic rings. The maximum atomic E-state index is 13.1. The molecule has 0 radical (unpaired) electrons. The molecule has 1 aliphatic carbocycles. The van der Waals surface area contributed by atoms with Crippen molar-refractivity contribution in [2.24, 2.45) is 5.92 Å². The Bertz CT molecular complexity index is 1090. The van der Waals surface area contributed by atoms with Crippen LogP contribution in [0.4, 0.5) is 15.2 Å². The van der Waals surface area contributed by atoms with Crippen molar-refractivity contribution in [3.05, 3.63) is 57.7 Å². The Morgan fingerprint density at radius 1 is 1.23 bits per heavy atom. The summed E-state index contributed by atoms with van der Waals surface area (Å²) in [6.07, 6.45) is 2.44. The summed E-state index contributed by atoms with van der Waals surface area (Å²) in [6, 6.07) is 7.51. The van der Waals surface area contributed by atoms with Gasteiger partial charge in [-0.05, 0) is 54.7 Å². The minimum atomic E-state index is -0.777. The Morgan fingerprint density at radius 2 is 1.93 bits per heavy atom. The molecular formula is C20H19FN4O4S. The summed E-state index contributed by atoms with van der Waals surface area (Å²) in [5.74, 6) is -0.369. The number of carbonyl (C=O) groups is 1. The van der Waals surface area contributed by atoms with E-state index in [1.165, 1.54) is 18.2 Å². The van der Waals surface area contributed by atoms with Crippen molar-refractivity contribution in [3.63, 3.8) is 0 Å². The molecule has 0 spiro atoms. The number of halogens is 1. The average molecular weight is 430 g/mol. The van der Waals surface area contributed by atoms with Crippen LogP contribution in [0.2, 0.25) is 0 Å². The molecule has 0 saturated heterocycles. The van der Waals surface area contributed by atoms with Crippen LogP contribution in [-0.2, 0) is 11.3 Å². The van der Waals surface area contributed by atoms with Gasteiger partial charge in [0.2, 0.25) is 0 Å². The largest absolute Gasteiger partial charge is 0.481 e. The van der Waals surface area contributed by atoms with Gasteiger partial charge in [-0.25, -0.2) is 14.4 Å². The Morgan fingerprint density at radius 3 is 2.57 bits per heavy atom. The predicted octanol–water partition coefficient (Wildman–Crippen LogP) is 4.71. The number of hydrogen-bond donors (Lipinski definition) is 2.